The first-order valence-corrected chi connectivity index (χ1v) is 7.21. The molecule has 0 saturated carbocycles. The third-order valence-corrected chi connectivity index (χ3v) is 3.37. The minimum absolute atomic E-state index is 0.0752. The SMILES string of the molecule is N#CC(NC(=O)OCc1ccccc1)c1cc(Br)ccc1F. The molecule has 22 heavy (non-hydrogen) atoms. The van der Waals surface area contributed by atoms with E-state index in [9.17, 15) is 9.18 Å². The van der Waals surface area contributed by atoms with Gasteiger partial charge >= 0.3 is 6.09 Å². The summed E-state index contributed by atoms with van der Waals surface area (Å²) >= 11 is 3.20. The van der Waals surface area contributed by atoms with E-state index in [1.165, 1.54) is 18.2 Å². The number of hydrogen-bond acceptors (Lipinski definition) is 3. The molecule has 1 amide bonds. The number of nitriles is 1. The molecule has 1 unspecified atom stereocenters. The molecule has 0 aliphatic carbocycles. The van der Waals surface area contributed by atoms with Gasteiger partial charge in [-0.15, -0.1) is 0 Å². The molecule has 0 spiro atoms. The van der Waals surface area contributed by atoms with Crippen molar-refractivity contribution in [1.82, 2.24) is 5.32 Å². The van der Waals surface area contributed by atoms with E-state index in [-0.39, 0.29) is 12.2 Å². The number of carbonyl (C=O) groups is 1. The number of ether oxygens (including phenoxy) is 1. The van der Waals surface area contributed by atoms with Crippen molar-refractivity contribution < 1.29 is 13.9 Å². The summed E-state index contributed by atoms with van der Waals surface area (Å²) in [5.74, 6) is -0.571. The van der Waals surface area contributed by atoms with E-state index in [4.69, 9.17) is 10.00 Å². The standard InChI is InChI=1S/C16H12BrFN2O2/c17-12-6-7-14(18)13(8-12)15(9-19)20-16(21)22-10-11-4-2-1-3-5-11/h1-8,15H,10H2,(H,20,21). The van der Waals surface area contributed by atoms with Crippen molar-refractivity contribution in [3.05, 3.63) is 69.9 Å². The molecule has 0 fully saturated rings. The van der Waals surface area contributed by atoms with Crippen LogP contribution in [-0.2, 0) is 11.3 Å². The van der Waals surface area contributed by atoms with Crippen LogP contribution >= 0.6 is 15.9 Å². The minimum Gasteiger partial charge on any atom is -0.445 e. The number of benzene rings is 2. The van der Waals surface area contributed by atoms with Crippen molar-refractivity contribution in [3.63, 3.8) is 0 Å². The summed E-state index contributed by atoms with van der Waals surface area (Å²) in [5, 5.41) is 11.5. The van der Waals surface area contributed by atoms with Gasteiger partial charge in [0, 0.05) is 10.0 Å². The van der Waals surface area contributed by atoms with Crippen LogP contribution in [0.5, 0.6) is 0 Å². The van der Waals surface area contributed by atoms with Crippen LogP contribution in [-0.4, -0.2) is 6.09 Å². The molecular formula is C16H12BrFN2O2. The second-order valence-electron chi connectivity index (χ2n) is 4.43. The van der Waals surface area contributed by atoms with Crippen LogP contribution in [0.3, 0.4) is 0 Å². The van der Waals surface area contributed by atoms with Gasteiger partial charge in [0.2, 0.25) is 0 Å². The van der Waals surface area contributed by atoms with Gasteiger partial charge in [0.05, 0.1) is 6.07 Å². The fourth-order valence-corrected chi connectivity index (χ4v) is 2.18. The molecule has 2 aromatic rings. The first kappa shape index (κ1) is 16.0. The van der Waals surface area contributed by atoms with E-state index >= 15 is 0 Å². The van der Waals surface area contributed by atoms with E-state index in [1.807, 2.05) is 36.4 Å². The molecule has 1 N–H and O–H groups in total. The summed E-state index contributed by atoms with van der Waals surface area (Å²) in [5.41, 5.74) is 0.897. The number of carbonyl (C=O) groups excluding carboxylic acids is 1. The minimum atomic E-state index is -1.12. The van der Waals surface area contributed by atoms with Crippen LogP contribution in [0.2, 0.25) is 0 Å². The zero-order chi connectivity index (χ0) is 15.9. The molecule has 0 heterocycles. The number of alkyl carbamates (subject to hydrolysis) is 1. The smallest absolute Gasteiger partial charge is 0.408 e. The zero-order valence-electron chi connectivity index (χ0n) is 11.4. The second-order valence-corrected chi connectivity index (χ2v) is 5.35. The summed E-state index contributed by atoms with van der Waals surface area (Å²) in [6.07, 6.45) is -0.783. The van der Waals surface area contributed by atoms with E-state index in [0.717, 1.165) is 5.56 Å². The number of nitrogens with zero attached hydrogens (tertiary/aromatic N) is 1. The Balaban J connectivity index is 1.99. The quantitative estimate of drug-likeness (QED) is 0.891. The lowest BCUT2D eigenvalue weighted by Gasteiger charge is -2.13. The number of hydrogen-bond donors (Lipinski definition) is 1. The van der Waals surface area contributed by atoms with Crippen molar-refractivity contribution in [3.8, 4) is 6.07 Å². The van der Waals surface area contributed by atoms with Gasteiger partial charge in [0.15, 0.2) is 0 Å². The van der Waals surface area contributed by atoms with E-state index in [0.29, 0.717) is 4.47 Å². The predicted molar refractivity (Wildman–Crippen MR) is 82.2 cm³/mol. The van der Waals surface area contributed by atoms with Gasteiger partial charge in [-0.2, -0.15) is 5.26 Å². The van der Waals surface area contributed by atoms with Gasteiger partial charge in [-0.25, -0.2) is 9.18 Å². The first-order valence-electron chi connectivity index (χ1n) is 6.42. The van der Waals surface area contributed by atoms with Crippen molar-refractivity contribution in [2.75, 3.05) is 0 Å². The molecule has 0 aromatic heterocycles. The molecule has 112 valence electrons. The highest BCUT2D eigenvalue weighted by Gasteiger charge is 2.18. The number of rotatable bonds is 4. The summed E-state index contributed by atoms with van der Waals surface area (Å²) in [6.45, 7) is 0.0752. The Hall–Kier alpha value is -2.39. The number of halogens is 2. The van der Waals surface area contributed by atoms with Crippen molar-refractivity contribution in [2.24, 2.45) is 0 Å². The first-order chi connectivity index (χ1) is 10.6. The average Bonchev–Trinajstić information content (AvgIpc) is 2.54. The molecule has 0 saturated heterocycles. The maximum absolute atomic E-state index is 13.7. The Morgan fingerprint density at radius 1 is 1.32 bits per heavy atom. The molecule has 1 atom stereocenters. The van der Waals surface area contributed by atoms with Gasteiger partial charge in [-0.3, -0.25) is 0 Å². The lowest BCUT2D eigenvalue weighted by molar-refractivity contribution is 0.137. The van der Waals surface area contributed by atoms with Crippen molar-refractivity contribution in [1.29, 1.82) is 5.26 Å². The van der Waals surface area contributed by atoms with Crippen LogP contribution in [0.15, 0.2) is 53.0 Å². The van der Waals surface area contributed by atoms with E-state index in [1.54, 1.807) is 0 Å². The topological polar surface area (TPSA) is 62.1 Å². The third-order valence-electron chi connectivity index (χ3n) is 2.87. The lowest BCUT2D eigenvalue weighted by atomic mass is 10.1. The molecular weight excluding hydrogens is 351 g/mol. The molecule has 0 bridgehead atoms. The summed E-state index contributed by atoms with van der Waals surface area (Å²) in [6, 6.07) is 14.0. The molecule has 0 radical (unpaired) electrons. The normalized spacial score (nSPS) is 11.3. The van der Waals surface area contributed by atoms with Crippen LogP contribution in [0.1, 0.15) is 17.2 Å². The maximum Gasteiger partial charge on any atom is 0.408 e. The largest absolute Gasteiger partial charge is 0.445 e. The second kappa shape index (κ2) is 7.57. The Bertz CT molecular complexity index is 701. The molecule has 2 aromatic carbocycles. The van der Waals surface area contributed by atoms with E-state index < -0.39 is 18.0 Å². The molecule has 4 nitrogen and oxygen atoms in total. The Labute approximate surface area is 135 Å². The maximum atomic E-state index is 13.7. The van der Waals surface area contributed by atoms with Gasteiger partial charge in [-0.1, -0.05) is 46.3 Å². The molecule has 0 aliphatic heterocycles. The fourth-order valence-electron chi connectivity index (χ4n) is 1.80. The Morgan fingerprint density at radius 2 is 2.05 bits per heavy atom. The highest BCUT2D eigenvalue weighted by atomic mass is 79.9. The van der Waals surface area contributed by atoms with Crippen LogP contribution in [0, 0.1) is 17.1 Å². The summed E-state index contributed by atoms with van der Waals surface area (Å²) in [7, 11) is 0. The number of nitrogens with one attached hydrogen (secondary N) is 1. The molecule has 2 rings (SSSR count). The van der Waals surface area contributed by atoms with Gasteiger partial charge in [0.1, 0.15) is 18.5 Å². The van der Waals surface area contributed by atoms with Gasteiger partial charge in [-0.05, 0) is 23.8 Å². The lowest BCUT2D eigenvalue weighted by Crippen LogP contribution is -2.28. The van der Waals surface area contributed by atoms with Crippen molar-refractivity contribution in [2.45, 2.75) is 12.6 Å². The zero-order valence-corrected chi connectivity index (χ0v) is 13.0. The van der Waals surface area contributed by atoms with Crippen molar-refractivity contribution >= 4 is 22.0 Å². The average molecular weight is 363 g/mol. The third kappa shape index (κ3) is 4.30. The molecule has 6 heteroatoms. The van der Waals surface area contributed by atoms with Gasteiger partial charge < -0.3 is 10.1 Å². The predicted octanol–water partition coefficient (Wildman–Crippen LogP) is 4.08. The van der Waals surface area contributed by atoms with E-state index in [2.05, 4.69) is 21.2 Å². The highest BCUT2D eigenvalue weighted by Crippen LogP contribution is 2.21. The van der Waals surface area contributed by atoms with Gasteiger partial charge in [0.25, 0.3) is 0 Å². The van der Waals surface area contributed by atoms with Crippen LogP contribution in [0.4, 0.5) is 9.18 Å². The number of amides is 1. The summed E-state index contributed by atoms with van der Waals surface area (Å²) < 4.78 is 19.4. The monoisotopic (exact) mass is 362 g/mol. The summed E-state index contributed by atoms with van der Waals surface area (Å²) in [4.78, 5) is 11.7. The fraction of sp³-hybridized carbons (Fsp3) is 0.125. The molecule has 0 aliphatic rings. The Morgan fingerprint density at radius 3 is 2.73 bits per heavy atom. The van der Waals surface area contributed by atoms with Crippen LogP contribution < -0.4 is 5.32 Å². The highest BCUT2D eigenvalue weighted by molar-refractivity contribution is 9.10. The Kier molecular flexibility index (Phi) is 5.50. The van der Waals surface area contributed by atoms with Crippen LogP contribution in [0.25, 0.3) is 0 Å².